The van der Waals surface area contributed by atoms with Gasteiger partial charge in [-0.05, 0) is 79.8 Å². The summed E-state index contributed by atoms with van der Waals surface area (Å²) in [5.74, 6) is -0.826. The van der Waals surface area contributed by atoms with E-state index in [2.05, 4.69) is 11.4 Å². The summed E-state index contributed by atoms with van der Waals surface area (Å²) in [5.41, 5.74) is 4.94. The fourth-order valence-electron chi connectivity index (χ4n) is 3.74. The summed E-state index contributed by atoms with van der Waals surface area (Å²) in [4.78, 5) is 13.0. The number of carbonyl (C=O) groups excluding carboxylic acids is 1. The van der Waals surface area contributed by atoms with Crippen molar-refractivity contribution in [1.82, 2.24) is 9.62 Å². The Bertz CT molecular complexity index is 1230. The van der Waals surface area contributed by atoms with E-state index >= 15 is 0 Å². The van der Waals surface area contributed by atoms with Crippen LogP contribution < -0.4 is 5.32 Å². The number of hydrogen-bond donors (Lipinski definition) is 1. The Morgan fingerprint density at radius 2 is 1.55 bits per heavy atom. The number of carbonyl (C=O) groups is 1. The van der Waals surface area contributed by atoms with E-state index in [4.69, 9.17) is 0 Å². The molecule has 33 heavy (non-hydrogen) atoms. The molecule has 174 valence electrons. The quantitative estimate of drug-likeness (QED) is 0.516. The minimum Gasteiger partial charge on any atom is -0.348 e. The van der Waals surface area contributed by atoms with E-state index in [1.54, 1.807) is 18.2 Å². The third-order valence-electron chi connectivity index (χ3n) is 5.70. The van der Waals surface area contributed by atoms with Gasteiger partial charge >= 0.3 is 0 Å². The van der Waals surface area contributed by atoms with Crippen molar-refractivity contribution in [1.29, 1.82) is 0 Å². The maximum Gasteiger partial charge on any atom is 0.243 e. The van der Waals surface area contributed by atoms with Gasteiger partial charge in [-0.3, -0.25) is 4.79 Å². The first-order valence-electron chi connectivity index (χ1n) is 10.7. The van der Waals surface area contributed by atoms with Crippen LogP contribution in [-0.4, -0.2) is 25.2 Å². The van der Waals surface area contributed by atoms with E-state index in [1.807, 2.05) is 33.8 Å². The molecule has 0 aliphatic rings. The summed E-state index contributed by atoms with van der Waals surface area (Å²) in [6.07, 6.45) is 0. The molecule has 0 heterocycles. The van der Waals surface area contributed by atoms with Gasteiger partial charge in [-0.1, -0.05) is 42.5 Å². The fourth-order valence-corrected chi connectivity index (χ4v) is 5.14. The zero-order valence-corrected chi connectivity index (χ0v) is 20.1. The molecule has 1 amide bonds. The second kappa shape index (κ2) is 10.3. The first kappa shape index (κ1) is 24.6. The number of aryl methyl sites for hydroxylation is 3. The highest BCUT2D eigenvalue weighted by Gasteiger charge is 2.27. The van der Waals surface area contributed by atoms with Crippen LogP contribution in [0.3, 0.4) is 0 Å². The normalized spacial score (nSPS) is 12.5. The largest absolute Gasteiger partial charge is 0.348 e. The molecule has 0 spiro atoms. The lowest BCUT2D eigenvalue weighted by Gasteiger charge is -2.24. The fraction of sp³-hybridized carbons (Fsp3) is 0.269. The predicted octanol–water partition coefficient (Wildman–Crippen LogP) is 4.82. The molecule has 3 aromatic carbocycles. The molecular formula is C26H29FN2O3S. The van der Waals surface area contributed by atoms with Crippen molar-refractivity contribution >= 4 is 15.9 Å². The van der Waals surface area contributed by atoms with Crippen molar-refractivity contribution in [2.24, 2.45) is 0 Å². The van der Waals surface area contributed by atoms with Crippen LogP contribution in [0.15, 0.2) is 71.6 Å². The molecule has 0 aliphatic heterocycles. The average Bonchev–Trinajstić information content (AvgIpc) is 2.77. The van der Waals surface area contributed by atoms with E-state index in [9.17, 15) is 17.6 Å². The van der Waals surface area contributed by atoms with Gasteiger partial charge in [0, 0.05) is 6.54 Å². The van der Waals surface area contributed by atoms with E-state index in [1.165, 1.54) is 42.0 Å². The second-order valence-electron chi connectivity index (χ2n) is 8.29. The minimum atomic E-state index is -3.95. The number of nitrogens with zero attached hydrogens (tertiary/aromatic N) is 1. The van der Waals surface area contributed by atoms with E-state index in [-0.39, 0.29) is 24.0 Å². The maximum absolute atomic E-state index is 13.3. The topological polar surface area (TPSA) is 66.5 Å². The van der Waals surface area contributed by atoms with Crippen LogP contribution in [-0.2, 0) is 21.4 Å². The Balaban J connectivity index is 1.84. The van der Waals surface area contributed by atoms with E-state index < -0.39 is 21.7 Å². The number of halogens is 1. The van der Waals surface area contributed by atoms with Crippen LogP contribution in [0, 0.1) is 26.6 Å². The molecule has 0 saturated carbocycles. The minimum absolute atomic E-state index is 0.0536. The summed E-state index contributed by atoms with van der Waals surface area (Å²) in [6.45, 7) is 7.52. The standard InChI is InChI=1S/C26H29FN2O3S/c1-18-14-20(3)25(15-19(18)2)21(4)28-26(30)17-29(16-22-10-12-23(27)13-11-22)33(31,32)24-8-6-5-7-9-24/h5-15,21H,16-17H2,1-4H3,(H,28,30)/t21-/m0/s1. The zero-order chi connectivity index (χ0) is 24.2. The molecule has 1 atom stereocenters. The Hall–Kier alpha value is -3.03. The number of nitrogens with one attached hydrogen (secondary N) is 1. The lowest BCUT2D eigenvalue weighted by atomic mass is 9.96. The Labute approximate surface area is 195 Å². The van der Waals surface area contributed by atoms with Crippen LogP contribution in [0.1, 0.15) is 40.8 Å². The van der Waals surface area contributed by atoms with Crippen molar-refractivity contribution in [3.05, 3.63) is 100 Å². The van der Waals surface area contributed by atoms with E-state index in [0.717, 1.165) is 21.0 Å². The molecule has 1 N–H and O–H groups in total. The third kappa shape index (κ3) is 6.06. The summed E-state index contributed by atoms with van der Waals surface area (Å²) < 4.78 is 41.0. The predicted molar refractivity (Wildman–Crippen MR) is 128 cm³/mol. The molecule has 0 bridgehead atoms. The first-order valence-corrected chi connectivity index (χ1v) is 12.2. The lowest BCUT2D eigenvalue weighted by Crippen LogP contribution is -2.41. The zero-order valence-electron chi connectivity index (χ0n) is 19.3. The van der Waals surface area contributed by atoms with Crippen molar-refractivity contribution in [2.75, 3.05) is 6.54 Å². The second-order valence-corrected chi connectivity index (χ2v) is 10.2. The Morgan fingerprint density at radius 1 is 0.939 bits per heavy atom. The van der Waals surface area contributed by atoms with Crippen LogP contribution in [0.4, 0.5) is 4.39 Å². The number of rotatable bonds is 8. The monoisotopic (exact) mass is 468 g/mol. The molecular weight excluding hydrogens is 439 g/mol. The molecule has 0 unspecified atom stereocenters. The summed E-state index contributed by atoms with van der Waals surface area (Å²) in [6, 6.07) is 17.4. The van der Waals surface area contributed by atoms with Gasteiger partial charge in [-0.2, -0.15) is 4.31 Å². The molecule has 0 aliphatic carbocycles. The van der Waals surface area contributed by atoms with Crippen LogP contribution >= 0.6 is 0 Å². The molecule has 3 rings (SSSR count). The van der Waals surface area contributed by atoms with Crippen molar-refractivity contribution < 1.29 is 17.6 Å². The van der Waals surface area contributed by atoms with Crippen LogP contribution in [0.5, 0.6) is 0 Å². The van der Waals surface area contributed by atoms with Crippen molar-refractivity contribution in [3.63, 3.8) is 0 Å². The van der Waals surface area contributed by atoms with Gasteiger partial charge in [0.25, 0.3) is 0 Å². The SMILES string of the molecule is Cc1cc(C)c([C@H](C)NC(=O)CN(Cc2ccc(F)cc2)S(=O)(=O)c2ccccc2)cc1C. The van der Waals surface area contributed by atoms with Crippen molar-refractivity contribution in [2.45, 2.75) is 45.2 Å². The molecule has 0 radical (unpaired) electrons. The highest BCUT2D eigenvalue weighted by molar-refractivity contribution is 7.89. The van der Waals surface area contributed by atoms with Gasteiger partial charge in [-0.25, -0.2) is 12.8 Å². The first-order chi connectivity index (χ1) is 15.6. The van der Waals surface area contributed by atoms with Crippen molar-refractivity contribution in [3.8, 4) is 0 Å². The number of benzene rings is 3. The molecule has 0 saturated heterocycles. The number of sulfonamides is 1. The molecule has 7 heteroatoms. The Kier molecular flexibility index (Phi) is 7.66. The average molecular weight is 469 g/mol. The number of hydrogen-bond acceptors (Lipinski definition) is 3. The smallest absolute Gasteiger partial charge is 0.243 e. The number of amides is 1. The molecule has 0 aromatic heterocycles. The van der Waals surface area contributed by atoms with Gasteiger partial charge in [0.05, 0.1) is 17.5 Å². The Morgan fingerprint density at radius 3 is 2.18 bits per heavy atom. The highest BCUT2D eigenvalue weighted by Crippen LogP contribution is 2.22. The highest BCUT2D eigenvalue weighted by atomic mass is 32.2. The third-order valence-corrected chi connectivity index (χ3v) is 7.51. The maximum atomic E-state index is 13.3. The molecule has 0 fully saturated rings. The summed E-state index contributed by atoms with van der Waals surface area (Å²) in [7, 11) is -3.95. The van der Waals surface area contributed by atoms with Gasteiger partial charge < -0.3 is 5.32 Å². The summed E-state index contributed by atoms with van der Waals surface area (Å²) in [5, 5.41) is 2.93. The lowest BCUT2D eigenvalue weighted by molar-refractivity contribution is -0.122. The van der Waals surface area contributed by atoms with Gasteiger partial charge in [-0.15, -0.1) is 0 Å². The summed E-state index contributed by atoms with van der Waals surface area (Å²) >= 11 is 0. The van der Waals surface area contributed by atoms with Crippen LogP contribution in [0.25, 0.3) is 0 Å². The van der Waals surface area contributed by atoms with Gasteiger partial charge in [0.15, 0.2) is 0 Å². The van der Waals surface area contributed by atoms with Crippen LogP contribution in [0.2, 0.25) is 0 Å². The van der Waals surface area contributed by atoms with Gasteiger partial charge in [0.2, 0.25) is 15.9 Å². The molecule has 5 nitrogen and oxygen atoms in total. The van der Waals surface area contributed by atoms with E-state index in [0.29, 0.717) is 5.56 Å². The van der Waals surface area contributed by atoms with Gasteiger partial charge in [0.1, 0.15) is 5.82 Å². The molecule has 3 aromatic rings.